The molecular formula is C25H38N2O2S. The molecule has 166 valence electrons. The van der Waals surface area contributed by atoms with Crippen molar-refractivity contribution in [2.45, 2.75) is 82.1 Å². The van der Waals surface area contributed by atoms with Crippen molar-refractivity contribution >= 4 is 11.8 Å². The number of aliphatic hydroxyl groups is 1. The maximum atomic E-state index is 11.9. The van der Waals surface area contributed by atoms with Crippen LogP contribution in [-0.2, 0) is 11.8 Å². The lowest BCUT2D eigenvalue weighted by Crippen LogP contribution is -2.55. The van der Waals surface area contributed by atoms with Crippen LogP contribution in [0.3, 0.4) is 0 Å². The maximum Gasteiger partial charge on any atom is 0.167 e. The Balaban J connectivity index is 1.37. The fourth-order valence-electron chi connectivity index (χ4n) is 7.90. The van der Waals surface area contributed by atoms with E-state index in [9.17, 15) is 5.11 Å². The quantitative estimate of drug-likeness (QED) is 0.525. The van der Waals surface area contributed by atoms with E-state index >= 15 is 0 Å². The number of thioether (sulfide) groups is 1. The van der Waals surface area contributed by atoms with Crippen LogP contribution < -0.4 is 0 Å². The molecule has 0 radical (unpaired) electrons. The summed E-state index contributed by atoms with van der Waals surface area (Å²) in [5.41, 5.74) is 1.48. The van der Waals surface area contributed by atoms with Gasteiger partial charge in [-0.25, -0.2) is 4.98 Å². The fraction of sp³-hybridized carbons (Fsp3) is 0.800. The average Bonchev–Trinajstić information content (AvgIpc) is 3.26. The Kier molecular flexibility index (Phi) is 5.19. The zero-order chi connectivity index (χ0) is 21.1. The lowest BCUT2D eigenvalue weighted by Gasteiger charge is -2.59. The van der Waals surface area contributed by atoms with E-state index in [4.69, 9.17) is 4.74 Å². The van der Waals surface area contributed by atoms with Crippen molar-refractivity contribution in [3.8, 4) is 0 Å². The first-order valence-corrected chi connectivity index (χ1v) is 12.9. The van der Waals surface area contributed by atoms with Crippen LogP contribution >= 0.6 is 11.8 Å². The van der Waals surface area contributed by atoms with Crippen LogP contribution in [0.4, 0.5) is 0 Å². The van der Waals surface area contributed by atoms with Crippen molar-refractivity contribution < 1.29 is 9.84 Å². The van der Waals surface area contributed by atoms with Gasteiger partial charge >= 0.3 is 0 Å². The van der Waals surface area contributed by atoms with Crippen LogP contribution in [0.5, 0.6) is 0 Å². The average molecular weight is 431 g/mol. The van der Waals surface area contributed by atoms with Gasteiger partial charge in [-0.05, 0) is 74.5 Å². The molecule has 5 heteroatoms. The molecule has 0 aliphatic heterocycles. The van der Waals surface area contributed by atoms with Gasteiger partial charge in [-0.3, -0.25) is 0 Å². The van der Waals surface area contributed by atoms with Gasteiger partial charge in [-0.1, -0.05) is 37.3 Å². The van der Waals surface area contributed by atoms with Crippen LogP contribution in [0.1, 0.15) is 65.2 Å². The van der Waals surface area contributed by atoms with Crippen LogP contribution in [0.25, 0.3) is 0 Å². The molecule has 5 rings (SSSR count). The molecule has 0 spiro atoms. The molecule has 1 aromatic rings. The Bertz CT molecular complexity index is 837. The fourth-order valence-corrected chi connectivity index (χ4v) is 9.15. The van der Waals surface area contributed by atoms with Crippen molar-refractivity contribution in [1.82, 2.24) is 9.55 Å². The molecule has 4 aliphatic rings. The van der Waals surface area contributed by atoms with Gasteiger partial charge in [0.1, 0.15) is 0 Å². The number of methoxy groups -OCH3 is 1. The van der Waals surface area contributed by atoms with Crippen LogP contribution in [-0.4, -0.2) is 39.2 Å². The zero-order valence-corrected chi connectivity index (χ0v) is 19.9. The molecule has 3 fully saturated rings. The first kappa shape index (κ1) is 21.1. The molecule has 4 nitrogen and oxygen atoms in total. The first-order chi connectivity index (χ1) is 14.3. The third kappa shape index (κ3) is 2.98. The summed E-state index contributed by atoms with van der Waals surface area (Å²) >= 11 is 1.73. The number of aryl methyl sites for hydroxylation is 1. The number of nitrogens with zero attached hydrogens (tertiary/aromatic N) is 2. The standard InChI is InChI=1S/C25H38N2O2S/c1-23-10-7-18(29-4)15-17(23)5-6-19-20(23)8-11-24(2)21(19)9-12-25(24,28)16-30-22-26-13-14-27(22)3/h13-15,18-21,28H,5-12,16H2,1-4H3/t18-,19-,20+,21+,23+,24+,25+/m1/s1. The van der Waals surface area contributed by atoms with Gasteiger partial charge in [-0.2, -0.15) is 0 Å². The Hall–Kier alpha value is -0.780. The highest BCUT2D eigenvalue weighted by molar-refractivity contribution is 7.99. The van der Waals surface area contributed by atoms with Crippen LogP contribution in [0, 0.1) is 28.6 Å². The Labute approximate surface area is 185 Å². The second kappa shape index (κ2) is 7.38. The Morgan fingerprint density at radius 2 is 1.97 bits per heavy atom. The summed E-state index contributed by atoms with van der Waals surface area (Å²) in [5.74, 6) is 2.96. The smallest absolute Gasteiger partial charge is 0.167 e. The van der Waals surface area contributed by atoms with Crippen molar-refractivity contribution in [2.24, 2.45) is 35.6 Å². The maximum absolute atomic E-state index is 11.9. The van der Waals surface area contributed by atoms with Gasteiger partial charge in [0.15, 0.2) is 5.16 Å². The second-order valence-electron chi connectivity index (χ2n) is 11.0. The van der Waals surface area contributed by atoms with E-state index in [0.717, 1.165) is 42.0 Å². The van der Waals surface area contributed by atoms with Gasteiger partial charge in [0.25, 0.3) is 0 Å². The van der Waals surface area contributed by atoms with E-state index < -0.39 is 5.60 Å². The lowest BCUT2D eigenvalue weighted by molar-refractivity contribution is -0.116. The summed E-state index contributed by atoms with van der Waals surface area (Å²) in [5, 5.41) is 12.9. The Morgan fingerprint density at radius 3 is 2.70 bits per heavy atom. The monoisotopic (exact) mass is 430 g/mol. The summed E-state index contributed by atoms with van der Waals surface area (Å²) < 4.78 is 7.74. The largest absolute Gasteiger partial charge is 0.388 e. The summed E-state index contributed by atoms with van der Waals surface area (Å²) in [6.45, 7) is 4.96. The van der Waals surface area contributed by atoms with E-state index in [1.165, 1.54) is 32.1 Å². The highest BCUT2D eigenvalue weighted by atomic mass is 32.2. The third-order valence-corrected chi connectivity index (χ3v) is 11.2. The van der Waals surface area contributed by atoms with E-state index in [1.54, 1.807) is 17.3 Å². The van der Waals surface area contributed by atoms with Gasteiger partial charge in [0.2, 0.25) is 0 Å². The number of aromatic nitrogens is 2. The molecule has 3 saturated carbocycles. The topological polar surface area (TPSA) is 47.3 Å². The minimum atomic E-state index is -0.579. The minimum Gasteiger partial charge on any atom is -0.388 e. The molecule has 7 atom stereocenters. The number of ether oxygens (including phenoxy) is 1. The normalized spacial score (nSPS) is 45.4. The molecule has 0 bridgehead atoms. The summed E-state index contributed by atoms with van der Waals surface area (Å²) in [4.78, 5) is 4.47. The summed E-state index contributed by atoms with van der Waals surface area (Å²) in [6.07, 6.45) is 16.1. The van der Waals surface area contributed by atoms with Crippen molar-refractivity contribution in [3.63, 3.8) is 0 Å². The molecule has 0 unspecified atom stereocenters. The molecule has 0 amide bonds. The van der Waals surface area contributed by atoms with Crippen molar-refractivity contribution in [1.29, 1.82) is 0 Å². The molecule has 1 heterocycles. The number of hydrogen-bond acceptors (Lipinski definition) is 4. The molecule has 0 saturated heterocycles. The van der Waals surface area contributed by atoms with Gasteiger partial charge < -0.3 is 14.4 Å². The zero-order valence-electron chi connectivity index (χ0n) is 19.1. The third-order valence-electron chi connectivity index (χ3n) is 9.91. The van der Waals surface area contributed by atoms with Crippen LogP contribution in [0.2, 0.25) is 0 Å². The van der Waals surface area contributed by atoms with Gasteiger partial charge in [0.05, 0.1) is 11.7 Å². The van der Waals surface area contributed by atoms with E-state index in [0.29, 0.717) is 17.4 Å². The highest BCUT2D eigenvalue weighted by Crippen LogP contribution is 2.68. The second-order valence-corrected chi connectivity index (χ2v) is 11.9. The Morgan fingerprint density at radius 1 is 1.17 bits per heavy atom. The number of rotatable bonds is 4. The highest BCUT2D eigenvalue weighted by Gasteiger charge is 2.63. The van der Waals surface area contributed by atoms with E-state index in [-0.39, 0.29) is 5.41 Å². The number of fused-ring (bicyclic) bond motifs is 5. The predicted octanol–water partition coefficient (Wildman–Crippen LogP) is 5.22. The number of imidazole rings is 1. The minimum absolute atomic E-state index is 0.0354. The van der Waals surface area contributed by atoms with Crippen molar-refractivity contribution in [2.75, 3.05) is 12.9 Å². The lowest BCUT2D eigenvalue weighted by atomic mass is 9.46. The van der Waals surface area contributed by atoms with Gasteiger partial charge in [0, 0.05) is 37.7 Å². The number of allylic oxidation sites excluding steroid dienone is 1. The van der Waals surface area contributed by atoms with Crippen LogP contribution in [0.15, 0.2) is 29.2 Å². The molecule has 1 aromatic heterocycles. The molecule has 1 N–H and O–H groups in total. The molecule has 0 aromatic carbocycles. The van der Waals surface area contributed by atoms with E-state index in [2.05, 4.69) is 29.5 Å². The predicted molar refractivity (Wildman–Crippen MR) is 121 cm³/mol. The van der Waals surface area contributed by atoms with Gasteiger partial charge in [-0.15, -0.1) is 0 Å². The van der Waals surface area contributed by atoms with E-state index in [1.807, 2.05) is 26.6 Å². The van der Waals surface area contributed by atoms with Crippen molar-refractivity contribution in [3.05, 3.63) is 24.0 Å². The first-order valence-electron chi connectivity index (χ1n) is 11.9. The number of hydrogen-bond donors (Lipinski definition) is 1. The molecule has 4 aliphatic carbocycles. The summed E-state index contributed by atoms with van der Waals surface area (Å²) in [6, 6.07) is 0. The SMILES string of the molecule is CO[C@H]1C=C2CC[C@@H]3[C@H](CC[C@@]4(C)[C@H]3CC[C@]4(O)CSc3nccn3C)[C@@]2(C)CC1. The summed E-state index contributed by atoms with van der Waals surface area (Å²) in [7, 11) is 3.89. The molecular weight excluding hydrogens is 392 g/mol. The molecule has 30 heavy (non-hydrogen) atoms.